The van der Waals surface area contributed by atoms with Gasteiger partial charge in [0.15, 0.2) is 9.84 Å². The van der Waals surface area contributed by atoms with Gasteiger partial charge in [-0.15, -0.1) is 0 Å². The lowest BCUT2D eigenvalue weighted by Gasteiger charge is -2.34. The summed E-state index contributed by atoms with van der Waals surface area (Å²) >= 11 is 0. The SMILES string of the molecule is CCCc1ccc(C(F)(F)F)cc1CCC(=O)C1C(C)C(=O)OC1(CCC)CCCC1CCCS(=O)(=O)C1. The summed E-state index contributed by atoms with van der Waals surface area (Å²) in [6.45, 7) is 5.62. The van der Waals surface area contributed by atoms with Gasteiger partial charge in [-0.3, -0.25) is 9.59 Å². The van der Waals surface area contributed by atoms with Crippen molar-refractivity contribution in [3.05, 3.63) is 34.9 Å². The lowest BCUT2D eigenvalue weighted by molar-refractivity contribution is -0.153. The van der Waals surface area contributed by atoms with E-state index < -0.39 is 45.0 Å². The number of carbonyl (C=O) groups is 2. The lowest BCUT2D eigenvalue weighted by atomic mass is 9.72. The molecule has 0 spiro atoms. The number of hydrogen-bond donors (Lipinski definition) is 0. The Bertz CT molecular complexity index is 1100. The molecule has 2 aliphatic heterocycles. The number of cyclic esters (lactones) is 1. The molecule has 2 aliphatic rings. The number of Topliss-reactive ketones (excluding diaryl/α,β-unsaturated/α-hetero) is 1. The van der Waals surface area contributed by atoms with Crippen LogP contribution in [0, 0.1) is 17.8 Å². The number of alkyl halides is 3. The Hall–Kier alpha value is -1.90. The first-order valence-electron chi connectivity index (χ1n) is 14.0. The van der Waals surface area contributed by atoms with E-state index in [1.54, 1.807) is 6.92 Å². The average molecular weight is 559 g/mol. The second-order valence-corrected chi connectivity index (χ2v) is 13.4. The number of benzene rings is 1. The van der Waals surface area contributed by atoms with E-state index in [9.17, 15) is 31.2 Å². The topological polar surface area (TPSA) is 77.5 Å². The van der Waals surface area contributed by atoms with Crippen molar-refractivity contribution in [2.24, 2.45) is 17.8 Å². The van der Waals surface area contributed by atoms with Crippen LogP contribution in [-0.4, -0.2) is 37.3 Å². The molecule has 0 N–H and O–H groups in total. The molecule has 0 radical (unpaired) electrons. The fourth-order valence-corrected chi connectivity index (χ4v) is 8.30. The van der Waals surface area contributed by atoms with Crippen LogP contribution in [0.1, 0.15) is 95.2 Å². The molecular formula is C29H41F3O5S. The van der Waals surface area contributed by atoms with Crippen LogP contribution < -0.4 is 0 Å². The maximum absolute atomic E-state index is 13.6. The van der Waals surface area contributed by atoms with Crippen molar-refractivity contribution in [2.75, 3.05) is 11.5 Å². The zero-order chi connectivity index (χ0) is 28.1. The lowest BCUT2D eigenvalue weighted by Crippen LogP contribution is -2.41. The maximum atomic E-state index is 13.6. The number of sulfone groups is 1. The summed E-state index contributed by atoms with van der Waals surface area (Å²) < 4.78 is 70.0. The van der Waals surface area contributed by atoms with E-state index in [4.69, 9.17) is 4.74 Å². The fraction of sp³-hybridized carbons (Fsp3) is 0.724. The summed E-state index contributed by atoms with van der Waals surface area (Å²) in [6, 6.07) is 3.74. The summed E-state index contributed by atoms with van der Waals surface area (Å²) in [7, 11) is -3.01. The van der Waals surface area contributed by atoms with Crippen molar-refractivity contribution < 1.29 is 35.9 Å². The third-order valence-corrected chi connectivity index (χ3v) is 10.1. The number of carbonyl (C=O) groups excluding carboxylic acids is 2. The van der Waals surface area contributed by atoms with Gasteiger partial charge in [-0.2, -0.15) is 13.2 Å². The predicted octanol–water partition coefficient (Wildman–Crippen LogP) is 6.50. The molecule has 0 saturated carbocycles. The number of ketones is 1. The number of hydrogen-bond acceptors (Lipinski definition) is 5. The Morgan fingerprint density at radius 3 is 2.47 bits per heavy atom. The van der Waals surface area contributed by atoms with E-state index in [1.165, 1.54) is 6.07 Å². The van der Waals surface area contributed by atoms with E-state index >= 15 is 0 Å². The minimum absolute atomic E-state index is 0.0377. The van der Waals surface area contributed by atoms with E-state index in [0.717, 1.165) is 30.5 Å². The van der Waals surface area contributed by atoms with Crippen LogP contribution in [0.3, 0.4) is 0 Å². The van der Waals surface area contributed by atoms with E-state index in [0.29, 0.717) is 50.5 Å². The predicted molar refractivity (Wildman–Crippen MR) is 140 cm³/mol. The molecule has 214 valence electrons. The van der Waals surface area contributed by atoms with Crippen molar-refractivity contribution in [1.29, 1.82) is 0 Å². The van der Waals surface area contributed by atoms with Gasteiger partial charge in [0.1, 0.15) is 11.4 Å². The summed E-state index contributed by atoms with van der Waals surface area (Å²) in [5, 5.41) is 0. The standard InChI is InChI=1S/C29H41F3O5S/c1-4-8-22-11-13-24(29(30,31)32)18-23(22)12-14-25(33)26-20(3)27(34)37-28(26,15-5-2)16-6-9-21-10-7-17-38(35,36)19-21/h11,13,18,20-21,26H,4-10,12,14-17,19H2,1-3H3. The van der Waals surface area contributed by atoms with Crippen molar-refractivity contribution in [3.63, 3.8) is 0 Å². The molecule has 2 fully saturated rings. The molecule has 3 rings (SSSR count). The number of esters is 1. The highest BCUT2D eigenvalue weighted by atomic mass is 32.2. The first-order valence-corrected chi connectivity index (χ1v) is 15.8. The van der Waals surface area contributed by atoms with Gasteiger partial charge in [-0.25, -0.2) is 8.42 Å². The molecule has 2 heterocycles. The van der Waals surface area contributed by atoms with Crippen LogP contribution >= 0.6 is 0 Å². The van der Waals surface area contributed by atoms with Gasteiger partial charge in [0, 0.05) is 6.42 Å². The summed E-state index contributed by atoms with van der Waals surface area (Å²) in [5.74, 6) is -1.36. The van der Waals surface area contributed by atoms with Crippen LogP contribution in [0.25, 0.3) is 0 Å². The largest absolute Gasteiger partial charge is 0.458 e. The van der Waals surface area contributed by atoms with Gasteiger partial charge in [0.05, 0.1) is 28.9 Å². The van der Waals surface area contributed by atoms with E-state index in [-0.39, 0.29) is 36.0 Å². The molecule has 9 heteroatoms. The summed E-state index contributed by atoms with van der Waals surface area (Å²) in [4.78, 5) is 26.4. The Kier molecular flexibility index (Phi) is 10.1. The second-order valence-electron chi connectivity index (χ2n) is 11.2. The van der Waals surface area contributed by atoms with Gasteiger partial charge in [-0.1, -0.05) is 39.7 Å². The number of rotatable bonds is 12. The molecule has 4 unspecified atom stereocenters. The Morgan fingerprint density at radius 2 is 1.84 bits per heavy atom. The van der Waals surface area contributed by atoms with Crippen LogP contribution in [-0.2, 0) is 43.2 Å². The minimum Gasteiger partial charge on any atom is -0.458 e. The molecule has 1 aromatic carbocycles. The van der Waals surface area contributed by atoms with Crippen molar-refractivity contribution >= 4 is 21.6 Å². The highest BCUT2D eigenvalue weighted by Crippen LogP contribution is 2.45. The highest BCUT2D eigenvalue weighted by Gasteiger charge is 2.55. The molecular weight excluding hydrogens is 517 g/mol. The maximum Gasteiger partial charge on any atom is 0.416 e. The minimum atomic E-state index is -4.46. The fourth-order valence-electron chi connectivity index (χ4n) is 6.48. The molecule has 0 aromatic heterocycles. The van der Waals surface area contributed by atoms with Gasteiger partial charge in [0.25, 0.3) is 0 Å². The third kappa shape index (κ3) is 7.39. The van der Waals surface area contributed by atoms with Crippen molar-refractivity contribution in [3.8, 4) is 0 Å². The Balaban J connectivity index is 1.76. The number of halogens is 3. The highest BCUT2D eigenvalue weighted by molar-refractivity contribution is 7.91. The molecule has 0 bridgehead atoms. The first kappa shape index (κ1) is 30.6. The van der Waals surface area contributed by atoms with E-state index in [1.807, 2.05) is 13.8 Å². The molecule has 2 saturated heterocycles. The third-order valence-electron chi connectivity index (χ3n) is 8.23. The summed E-state index contributed by atoms with van der Waals surface area (Å²) in [5.41, 5.74) is -0.344. The molecule has 0 amide bonds. The summed E-state index contributed by atoms with van der Waals surface area (Å²) in [6.07, 6.45) is 1.73. The molecule has 5 nitrogen and oxygen atoms in total. The van der Waals surface area contributed by atoms with Crippen LogP contribution in [0.4, 0.5) is 13.2 Å². The van der Waals surface area contributed by atoms with Crippen LogP contribution in [0.2, 0.25) is 0 Å². The Morgan fingerprint density at radius 1 is 1.11 bits per heavy atom. The smallest absolute Gasteiger partial charge is 0.416 e. The first-order chi connectivity index (χ1) is 17.8. The molecule has 0 aliphatic carbocycles. The second kappa shape index (κ2) is 12.5. The normalized spacial score (nSPS) is 27.3. The monoisotopic (exact) mass is 558 g/mol. The molecule has 1 aromatic rings. The van der Waals surface area contributed by atoms with Crippen LogP contribution in [0.15, 0.2) is 18.2 Å². The Labute approximate surface area is 224 Å². The van der Waals surface area contributed by atoms with E-state index in [2.05, 4.69) is 0 Å². The average Bonchev–Trinajstić information content (AvgIpc) is 3.06. The van der Waals surface area contributed by atoms with Gasteiger partial charge >= 0.3 is 12.1 Å². The van der Waals surface area contributed by atoms with Gasteiger partial charge in [-0.05, 0) is 80.5 Å². The number of aryl methyl sites for hydroxylation is 2. The van der Waals surface area contributed by atoms with Gasteiger partial charge in [0.2, 0.25) is 0 Å². The quantitative estimate of drug-likeness (QED) is 0.274. The van der Waals surface area contributed by atoms with Crippen molar-refractivity contribution in [2.45, 2.75) is 103 Å². The van der Waals surface area contributed by atoms with Crippen LogP contribution in [0.5, 0.6) is 0 Å². The zero-order valence-electron chi connectivity index (χ0n) is 22.7. The molecule has 38 heavy (non-hydrogen) atoms. The van der Waals surface area contributed by atoms with Crippen molar-refractivity contribution in [1.82, 2.24) is 0 Å². The zero-order valence-corrected chi connectivity index (χ0v) is 23.6. The van der Waals surface area contributed by atoms with Gasteiger partial charge < -0.3 is 4.74 Å². The number of ether oxygens (including phenoxy) is 1. The molecule has 4 atom stereocenters.